The molecule has 0 amide bonds. The number of quaternary nitrogens is 1. The van der Waals surface area contributed by atoms with E-state index >= 15 is 0 Å². The topological polar surface area (TPSA) is 3.24 Å². The van der Waals surface area contributed by atoms with E-state index in [2.05, 4.69) is 0 Å². The number of hydrogen-bond acceptors (Lipinski definition) is 1. The van der Waals surface area contributed by atoms with Gasteiger partial charge >= 0.3 is 12.1 Å². The summed E-state index contributed by atoms with van der Waals surface area (Å²) < 4.78 is 72.9. The zero-order chi connectivity index (χ0) is 9.73. The minimum atomic E-state index is -4.89. The summed E-state index contributed by atoms with van der Waals surface area (Å²) >= 11 is 0. The highest BCUT2D eigenvalue weighted by Crippen LogP contribution is 2.48. The van der Waals surface area contributed by atoms with E-state index in [-0.39, 0.29) is 12.4 Å². The number of halogens is 7. The molecule has 0 N–H and O–H groups in total. The molecule has 0 aromatic heterocycles. The molecule has 9 heteroatoms. The van der Waals surface area contributed by atoms with Crippen LogP contribution in [0.4, 0.5) is 26.5 Å². The van der Waals surface area contributed by atoms with Gasteiger partial charge in [0.1, 0.15) is 0 Å². The highest BCUT2D eigenvalue weighted by molar-refractivity contribution is 4.97. The molecule has 1 heterocycles. The van der Waals surface area contributed by atoms with Gasteiger partial charge in [0.25, 0.3) is 5.95 Å². The van der Waals surface area contributed by atoms with Crippen molar-refractivity contribution in [3.8, 4) is 0 Å². The van der Waals surface area contributed by atoms with Crippen molar-refractivity contribution >= 4 is 0 Å². The summed E-state index contributed by atoms with van der Waals surface area (Å²) in [6.45, 7) is 0. The van der Waals surface area contributed by atoms with Crippen molar-refractivity contribution in [2.24, 2.45) is 0 Å². The molecule has 0 unspecified atom stereocenters. The molecule has 0 fully saturated rings. The molecule has 0 bridgehead atoms. The van der Waals surface area contributed by atoms with E-state index in [0.717, 1.165) is 0 Å². The van der Waals surface area contributed by atoms with Gasteiger partial charge in [-0.3, -0.25) is 0 Å². The lowest BCUT2D eigenvalue weighted by Gasteiger charge is -2.18. The normalized spacial score (nSPS) is 24.7. The second kappa shape index (κ2) is 2.95. The highest BCUT2D eigenvalue weighted by atomic mass is 35.5. The average molecular weight is 229 g/mol. The van der Waals surface area contributed by atoms with Crippen LogP contribution in [0.2, 0.25) is 0 Å². The molecular weight excluding hydrogens is 225 g/mol. The second-order valence-electron chi connectivity index (χ2n) is 2.16. The van der Waals surface area contributed by atoms with E-state index in [4.69, 9.17) is 0 Å². The Labute approximate surface area is 74.9 Å². The van der Waals surface area contributed by atoms with Crippen molar-refractivity contribution in [1.29, 1.82) is 0 Å². The Morgan fingerprint density at radius 2 is 1.62 bits per heavy atom. The molecule has 78 valence electrons. The van der Waals surface area contributed by atoms with Crippen molar-refractivity contribution in [3.05, 3.63) is 11.9 Å². The Morgan fingerprint density at radius 3 is 1.69 bits per heavy atom. The third-order valence-corrected chi connectivity index (χ3v) is 1.45. The molecule has 13 heavy (non-hydrogen) atoms. The lowest BCUT2D eigenvalue weighted by molar-refractivity contribution is -1.20. The van der Waals surface area contributed by atoms with Crippen LogP contribution in [0.3, 0.4) is 0 Å². The van der Waals surface area contributed by atoms with E-state index < -0.39 is 27.9 Å². The molecule has 0 saturated carbocycles. The van der Waals surface area contributed by atoms with Crippen LogP contribution in [0, 0.1) is 0 Å². The largest absolute Gasteiger partial charge is 1.00 e. The molecule has 1 aliphatic heterocycles. The lowest BCUT2D eigenvalue weighted by Crippen LogP contribution is -3.00. The van der Waals surface area contributed by atoms with E-state index in [0.29, 0.717) is 7.05 Å². The maximum atomic E-state index is 12.2. The van der Waals surface area contributed by atoms with Crippen LogP contribution >= 0.6 is 0 Å². The fraction of sp³-hybridized carbons (Fsp3) is 0.500. The van der Waals surface area contributed by atoms with Crippen molar-refractivity contribution in [1.82, 2.24) is 4.90 Å². The van der Waals surface area contributed by atoms with Gasteiger partial charge < -0.3 is 12.4 Å². The fourth-order valence-electron chi connectivity index (χ4n) is 0.679. The smallest absolute Gasteiger partial charge is 0.570 e. The van der Waals surface area contributed by atoms with E-state index in [1.54, 1.807) is 0 Å². The van der Waals surface area contributed by atoms with Crippen LogP contribution < -0.4 is 12.4 Å². The number of alkyl halides is 2. The van der Waals surface area contributed by atoms with Crippen LogP contribution in [0.25, 0.3) is 0 Å². The minimum Gasteiger partial charge on any atom is -1.00 e. The fourth-order valence-corrected chi connectivity index (χ4v) is 0.679. The first-order chi connectivity index (χ1) is 5.23. The maximum Gasteiger partial charge on any atom is 0.570 e. The van der Waals surface area contributed by atoms with Gasteiger partial charge in [-0.15, -0.1) is 13.2 Å². The zero-order valence-corrected chi connectivity index (χ0v) is 6.80. The van der Waals surface area contributed by atoms with Crippen LogP contribution in [0.15, 0.2) is 11.9 Å². The Hall–Kier alpha value is -0.630. The summed E-state index contributed by atoms with van der Waals surface area (Å²) in [6.07, 6.45) is -4.89. The van der Waals surface area contributed by atoms with Gasteiger partial charge in [-0.25, -0.2) is 4.90 Å². The number of hydrogen-bond donors (Lipinski definition) is 0. The van der Waals surface area contributed by atoms with Crippen molar-refractivity contribution in [3.63, 3.8) is 0 Å². The molecule has 0 spiro atoms. The molecule has 0 radical (unpaired) electrons. The average Bonchev–Trinajstić information content (AvgIpc) is 2.05. The first kappa shape index (κ1) is 12.4. The molecule has 0 saturated heterocycles. The van der Waals surface area contributed by atoms with E-state index in [9.17, 15) is 26.5 Å². The van der Waals surface area contributed by atoms with Crippen LogP contribution in [-0.2, 0) is 0 Å². The molecular formula is C4H3ClF6N2. The standard InChI is InChI=1S/C4H3F6N2.ClH/c1-11-2(5)3(6)12(9,10)4(11,7)8;/h1H3;1H/q+1;/p-1. The van der Waals surface area contributed by atoms with Gasteiger partial charge in [-0.1, -0.05) is 0 Å². The predicted molar refractivity (Wildman–Crippen MR) is 24.4 cm³/mol. The molecule has 0 aromatic carbocycles. The zero-order valence-electron chi connectivity index (χ0n) is 6.04. The van der Waals surface area contributed by atoms with Gasteiger partial charge in [0.2, 0.25) is 4.93 Å². The van der Waals surface area contributed by atoms with Crippen molar-refractivity contribution < 1.29 is 43.9 Å². The summed E-state index contributed by atoms with van der Waals surface area (Å²) in [5.41, 5.74) is 0. The Kier molecular flexibility index (Phi) is 2.80. The maximum absolute atomic E-state index is 12.2. The third kappa shape index (κ3) is 1.24. The molecule has 0 aromatic rings. The summed E-state index contributed by atoms with van der Waals surface area (Å²) in [4.78, 5) is -5.17. The Balaban J connectivity index is 0.00000144. The van der Waals surface area contributed by atoms with Crippen molar-refractivity contribution in [2.75, 3.05) is 7.05 Å². The van der Waals surface area contributed by atoms with E-state index in [1.165, 1.54) is 0 Å². The SMILES string of the molecule is CN1C(F)=C(F)[N+](F)(F)C1(F)F.[Cl-]. The van der Waals surface area contributed by atoms with Gasteiger partial charge in [-0.2, -0.15) is 4.39 Å². The minimum absolute atomic E-state index is 0. The first-order valence-corrected chi connectivity index (χ1v) is 2.69. The van der Waals surface area contributed by atoms with Gasteiger partial charge in [-0.05, 0) is 0 Å². The molecule has 1 rings (SSSR count). The van der Waals surface area contributed by atoms with Gasteiger partial charge in [0.15, 0.2) is 0 Å². The molecule has 0 aliphatic carbocycles. The monoisotopic (exact) mass is 228 g/mol. The number of rotatable bonds is 0. The predicted octanol–water partition coefficient (Wildman–Crippen LogP) is -0.863. The van der Waals surface area contributed by atoms with Gasteiger partial charge in [0.05, 0.1) is 8.96 Å². The second-order valence-corrected chi connectivity index (χ2v) is 2.16. The summed E-state index contributed by atoms with van der Waals surface area (Å²) in [5, 5.41) is 0. The van der Waals surface area contributed by atoms with Crippen LogP contribution in [0.5, 0.6) is 0 Å². The molecule has 2 nitrogen and oxygen atoms in total. The van der Waals surface area contributed by atoms with Crippen LogP contribution in [-0.4, -0.2) is 23.0 Å². The quantitative estimate of drug-likeness (QED) is 0.296. The van der Waals surface area contributed by atoms with E-state index in [1.807, 2.05) is 0 Å². The van der Waals surface area contributed by atoms with Gasteiger partial charge in [0, 0.05) is 7.05 Å². The van der Waals surface area contributed by atoms with Crippen molar-refractivity contribution in [2.45, 2.75) is 6.17 Å². The Bertz CT molecular complexity index is 251. The first-order valence-electron chi connectivity index (χ1n) is 2.69. The van der Waals surface area contributed by atoms with Crippen LogP contribution in [0.1, 0.15) is 0 Å². The summed E-state index contributed by atoms with van der Waals surface area (Å²) in [7, 11) is 0.327. The lowest BCUT2D eigenvalue weighted by atomic mass is 10.8. The highest BCUT2D eigenvalue weighted by Gasteiger charge is 2.75. The molecule has 0 atom stereocenters. The number of nitrogens with zero attached hydrogens (tertiary/aromatic N) is 2. The Morgan fingerprint density at radius 1 is 1.23 bits per heavy atom. The third-order valence-electron chi connectivity index (χ3n) is 1.45. The summed E-state index contributed by atoms with van der Waals surface area (Å²) in [5.74, 6) is -5.05. The summed E-state index contributed by atoms with van der Waals surface area (Å²) in [6, 6.07) is 0. The molecule has 1 aliphatic rings.